The van der Waals surface area contributed by atoms with E-state index in [1.54, 1.807) is 0 Å². The molecule has 0 amide bonds. The smallest absolute Gasteiger partial charge is 0.123 e. The highest BCUT2D eigenvalue weighted by Crippen LogP contribution is 2.40. The van der Waals surface area contributed by atoms with E-state index < -0.39 is 0 Å². The zero-order chi connectivity index (χ0) is 10.7. The van der Waals surface area contributed by atoms with Crippen molar-refractivity contribution >= 4 is 6.29 Å². The molecule has 2 heteroatoms. The maximum absolute atomic E-state index is 12.8. The molecule has 1 unspecified atom stereocenters. The van der Waals surface area contributed by atoms with Crippen LogP contribution in [0.3, 0.4) is 0 Å². The molecule has 0 bridgehead atoms. The van der Waals surface area contributed by atoms with E-state index in [1.165, 1.54) is 31.4 Å². The molecule has 1 aliphatic carbocycles. The third kappa shape index (κ3) is 2.25. The zero-order valence-electron chi connectivity index (χ0n) is 8.66. The third-order valence-electron chi connectivity index (χ3n) is 3.37. The molecule has 1 aromatic rings. The van der Waals surface area contributed by atoms with Crippen LogP contribution in [0.1, 0.15) is 37.2 Å². The summed E-state index contributed by atoms with van der Waals surface area (Å²) in [5.41, 5.74) is 1.10. The van der Waals surface area contributed by atoms with Crippen LogP contribution in [-0.2, 0) is 4.79 Å². The van der Waals surface area contributed by atoms with Crippen LogP contribution >= 0.6 is 0 Å². The second-order valence-corrected chi connectivity index (χ2v) is 4.25. The molecular weight excluding hydrogens is 191 g/mol. The zero-order valence-corrected chi connectivity index (χ0v) is 8.66. The monoisotopic (exact) mass is 206 g/mol. The van der Waals surface area contributed by atoms with Gasteiger partial charge in [-0.25, -0.2) is 4.39 Å². The quantitative estimate of drug-likeness (QED) is 0.691. The van der Waals surface area contributed by atoms with Gasteiger partial charge in [-0.3, -0.25) is 0 Å². The Morgan fingerprint density at radius 1 is 1.33 bits per heavy atom. The summed E-state index contributed by atoms with van der Waals surface area (Å²) < 4.78 is 12.8. The van der Waals surface area contributed by atoms with Crippen LogP contribution in [0.15, 0.2) is 24.3 Å². The summed E-state index contributed by atoms with van der Waals surface area (Å²) in [7, 11) is 0. The first kappa shape index (κ1) is 10.3. The van der Waals surface area contributed by atoms with Gasteiger partial charge in [0.15, 0.2) is 0 Å². The second kappa shape index (κ2) is 4.56. The van der Waals surface area contributed by atoms with E-state index in [2.05, 4.69) is 0 Å². The fourth-order valence-electron chi connectivity index (χ4n) is 2.26. The van der Waals surface area contributed by atoms with E-state index in [4.69, 9.17) is 0 Å². The van der Waals surface area contributed by atoms with E-state index in [1.807, 2.05) is 12.1 Å². The highest BCUT2D eigenvalue weighted by molar-refractivity contribution is 5.52. The molecule has 1 nitrogen and oxygen atoms in total. The van der Waals surface area contributed by atoms with Gasteiger partial charge in [0.1, 0.15) is 12.1 Å². The molecular formula is C13H15FO. The summed E-state index contributed by atoms with van der Waals surface area (Å²) >= 11 is 0. The average molecular weight is 206 g/mol. The van der Waals surface area contributed by atoms with Crippen molar-refractivity contribution < 1.29 is 9.18 Å². The van der Waals surface area contributed by atoms with Crippen molar-refractivity contribution in [2.24, 2.45) is 5.92 Å². The van der Waals surface area contributed by atoms with Gasteiger partial charge >= 0.3 is 0 Å². The number of aldehydes is 1. The molecule has 80 valence electrons. The number of carbonyl (C=O) groups excluding carboxylic acids is 1. The van der Waals surface area contributed by atoms with Gasteiger partial charge in [0.05, 0.1) is 0 Å². The SMILES string of the molecule is O=CCC(c1ccc(F)cc1)C1CCC1. The highest BCUT2D eigenvalue weighted by Gasteiger charge is 2.27. The van der Waals surface area contributed by atoms with Gasteiger partial charge in [-0.05, 0) is 42.4 Å². The number of carbonyl (C=O) groups is 1. The fourth-order valence-corrected chi connectivity index (χ4v) is 2.26. The summed E-state index contributed by atoms with van der Waals surface area (Å²) in [6, 6.07) is 6.57. The average Bonchev–Trinajstić information content (AvgIpc) is 2.16. The molecule has 1 saturated carbocycles. The minimum Gasteiger partial charge on any atom is -0.303 e. The summed E-state index contributed by atoms with van der Waals surface area (Å²) in [5, 5.41) is 0. The number of rotatable bonds is 4. The topological polar surface area (TPSA) is 17.1 Å². The molecule has 1 aliphatic rings. The minimum absolute atomic E-state index is 0.211. The van der Waals surface area contributed by atoms with Crippen molar-refractivity contribution in [2.75, 3.05) is 0 Å². The Hall–Kier alpha value is -1.18. The van der Waals surface area contributed by atoms with E-state index in [0.29, 0.717) is 18.3 Å². The maximum atomic E-state index is 12.8. The third-order valence-corrected chi connectivity index (χ3v) is 3.37. The van der Waals surface area contributed by atoms with Crippen molar-refractivity contribution in [1.29, 1.82) is 0 Å². The van der Waals surface area contributed by atoms with Gasteiger partial charge in [0.25, 0.3) is 0 Å². The number of halogens is 1. The molecule has 1 atom stereocenters. The number of benzene rings is 1. The molecule has 0 saturated heterocycles. The maximum Gasteiger partial charge on any atom is 0.123 e. The highest BCUT2D eigenvalue weighted by atomic mass is 19.1. The Bertz CT molecular complexity index is 327. The van der Waals surface area contributed by atoms with Crippen molar-refractivity contribution in [2.45, 2.75) is 31.6 Å². The fraction of sp³-hybridized carbons (Fsp3) is 0.462. The summed E-state index contributed by atoms with van der Waals surface area (Å²) in [6.45, 7) is 0. The Morgan fingerprint density at radius 2 is 2.00 bits per heavy atom. The van der Waals surface area contributed by atoms with Crippen LogP contribution in [0.4, 0.5) is 4.39 Å². The Labute approximate surface area is 89.3 Å². The predicted molar refractivity (Wildman–Crippen MR) is 57.2 cm³/mol. The lowest BCUT2D eigenvalue weighted by atomic mass is 9.72. The Balaban J connectivity index is 2.15. The molecule has 1 fully saturated rings. The van der Waals surface area contributed by atoms with E-state index in [-0.39, 0.29) is 5.82 Å². The molecule has 0 heterocycles. The number of hydrogen-bond donors (Lipinski definition) is 0. The van der Waals surface area contributed by atoms with Crippen LogP contribution in [0.5, 0.6) is 0 Å². The summed E-state index contributed by atoms with van der Waals surface area (Å²) in [6.07, 6.45) is 5.22. The second-order valence-electron chi connectivity index (χ2n) is 4.25. The first-order chi connectivity index (χ1) is 7.31. The molecule has 15 heavy (non-hydrogen) atoms. The van der Waals surface area contributed by atoms with E-state index in [0.717, 1.165) is 11.8 Å². The lowest BCUT2D eigenvalue weighted by Gasteiger charge is -2.33. The first-order valence-corrected chi connectivity index (χ1v) is 5.50. The van der Waals surface area contributed by atoms with Gasteiger partial charge in [0.2, 0.25) is 0 Å². The van der Waals surface area contributed by atoms with Crippen LogP contribution < -0.4 is 0 Å². The molecule has 0 spiro atoms. The predicted octanol–water partition coefficient (Wildman–Crippen LogP) is 3.30. The van der Waals surface area contributed by atoms with E-state index >= 15 is 0 Å². The molecule has 0 radical (unpaired) electrons. The normalized spacial score (nSPS) is 18.2. The van der Waals surface area contributed by atoms with Gasteiger partial charge < -0.3 is 4.79 Å². The van der Waals surface area contributed by atoms with Gasteiger partial charge in [0, 0.05) is 6.42 Å². The van der Waals surface area contributed by atoms with E-state index in [9.17, 15) is 9.18 Å². The molecule has 2 rings (SSSR count). The van der Waals surface area contributed by atoms with Crippen LogP contribution in [0, 0.1) is 11.7 Å². The minimum atomic E-state index is -0.211. The largest absolute Gasteiger partial charge is 0.303 e. The Morgan fingerprint density at radius 3 is 2.47 bits per heavy atom. The molecule has 0 aromatic heterocycles. The van der Waals surface area contributed by atoms with Crippen LogP contribution in [-0.4, -0.2) is 6.29 Å². The lowest BCUT2D eigenvalue weighted by Crippen LogP contribution is -2.20. The van der Waals surface area contributed by atoms with Crippen molar-refractivity contribution in [1.82, 2.24) is 0 Å². The van der Waals surface area contributed by atoms with Crippen molar-refractivity contribution in [3.8, 4) is 0 Å². The molecule has 0 N–H and O–H groups in total. The molecule has 0 aliphatic heterocycles. The lowest BCUT2D eigenvalue weighted by molar-refractivity contribution is -0.108. The van der Waals surface area contributed by atoms with Crippen molar-refractivity contribution in [3.05, 3.63) is 35.6 Å². The summed E-state index contributed by atoms with van der Waals surface area (Å²) in [5.74, 6) is 0.717. The summed E-state index contributed by atoms with van der Waals surface area (Å²) in [4.78, 5) is 10.6. The standard InChI is InChI=1S/C13H15FO/c14-12-6-4-11(5-7-12)13(8-9-15)10-2-1-3-10/h4-7,9-10,13H,1-3,8H2. The van der Waals surface area contributed by atoms with Crippen LogP contribution in [0.2, 0.25) is 0 Å². The number of hydrogen-bond acceptors (Lipinski definition) is 1. The first-order valence-electron chi connectivity index (χ1n) is 5.50. The van der Waals surface area contributed by atoms with Gasteiger partial charge in [-0.15, -0.1) is 0 Å². The Kier molecular flexibility index (Phi) is 3.14. The van der Waals surface area contributed by atoms with Crippen molar-refractivity contribution in [3.63, 3.8) is 0 Å². The molecule has 1 aromatic carbocycles. The van der Waals surface area contributed by atoms with Crippen LogP contribution in [0.25, 0.3) is 0 Å². The van der Waals surface area contributed by atoms with Gasteiger partial charge in [-0.2, -0.15) is 0 Å². The van der Waals surface area contributed by atoms with Gasteiger partial charge in [-0.1, -0.05) is 18.6 Å².